The van der Waals surface area contributed by atoms with Crippen LogP contribution < -0.4 is 4.72 Å². The summed E-state index contributed by atoms with van der Waals surface area (Å²) in [6.45, 7) is 1.65. The van der Waals surface area contributed by atoms with E-state index in [-0.39, 0.29) is 5.24 Å². The number of hydrogen-bond acceptors (Lipinski definition) is 3. The van der Waals surface area contributed by atoms with E-state index in [0.29, 0.717) is 6.41 Å². The van der Waals surface area contributed by atoms with Gasteiger partial charge in [0, 0.05) is 13.1 Å². The lowest BCUT2D eigenvalue weighted by molar-refractivity contribution is -0.107. The highest BCUT2D eigenvalue weighted by atomic mass is 32.2. The SMILES string of the molecule is O=CNSC(=O)N1CCCCC1. The van der Waals surface area contributed by atoms with E-state index < -0.39 is 0 Å². The molecule has 2 amide bonds. The molecule has 1 fully saturated rings. The summed E-state index contributed by atoms with van der Waals surface area (Å²) in [5.41, 5.74) is 0. The summed E-state index contributed by atoms with van der Waals surface area (Å²) in [5.74, 6) is 0. The predicted molar refractivity (Wildman–Crippen MR) is 47.6 cm³/mol. The van der Waals surface area contributed by atoms with Crippen LogP contribution >= 0.6 is 11.9 Å². The summed E-state index contributed by atoms with van der Waals surface area (Å²) in [4.78, 5) is 22.9. The molecule has 0 unspecified atom stereocenters. The fourth-order valence-electron chi connectivity index (χ4n) is 1.22. The van der Waals surface area contributed by atoms with Crippen molar-refractivity contribution in [3.05, 3.63) is 0 Å². The van der Waals surface area contributed by atoms with Crippen LogP contribution in [0.5, 0.6) is 0 Å². The van der Waals surface area contributed by atoms with Crippen molar-refractivity contribution in [2.45, 2.75) is 19.3 Å². The third-order valence-corrected chi connectivity index (χ3v) is 2.46. The van der Waals surface area contributed by atoms with Gasteiger partial charge >= 0.3 is 5.24 Å². The number of carbonyl (C=O) groups excluding carboxylic acids is 2. The maximum Gasteiger partial charge on any atom is 0.302 e. The standard InChI is InChI=1S/C7H12N2O2S/c10-6-8-12-7(11)9-4-2-1-3-5-9/h6H,1-5H2,(H,8,10). The van der Waals surface area contributed by atoms with E-state index in [0.717, 1.165) is 37.9 Å². The third-order valence-electron chi connectivity index (χ3n) is 1.81. The molecular formula is C7H12N2O2S. The molecule has 68 valence electrons. The Kier molecular flexibility index (Phi) is 3.93. The molecule has 1 heterocycles. The molecule has 1 N–H and O–H groups in total. The van der Waals surface area contributed by atoms with Gasteiger partial charge in [0.2, 0.25) is 6.41 Å². The van der Waals surface area contributed by atoms with Crippen molar-refractivity contribution in [3.8, 4) is 0 Å². The Morgan fingerprint density at radius 2 is 2.00 bits per heavy atom. The second-order valence-corrected chi connectivity index (χ2v) is 3.44. The van der Waals surface area contributed by atoms with Crippen LogP contribution in [0, 0.1) is 0 Å². The molecule has 5 heteroatoms. The molecule has 1 rings (SSSR count). The second kappa shape index (κ2) is 5.03. The highest BCUT2D eigenvalue weighted by Gasteiger charge is 2.16. The number of piperidine rings is 1. The number of hydrogen-bond donors (Lipinski definition) is 1. The fourth-order valence-corrected chi connectivity index (χ4v) is 1.68. The largest absolute Gasteiger partial charge is 0.332 e. The van der Waals surface area contributed by atoms with Crippen LogP contribution in [0.4, 0.5) is 4.79 Å². The lowest BCUT2D eigenvalue weighted by atomic mass is 10.1. The zero-order chi connectivity index (χ0) is 8.81. The summed E-state index contributed by atoms with van der Waals surface area (Å²) < 4.78 is 2.29. The molecule has 0 radical (unpaired) electrons. The van der Waals surface area contributed by atoms with E-state index in [2.05, 4.69) is 4.72 Å². The molecule has 0 aliphatic carbocycles. The summed E-state index contributed by atoms with van der Waals surface area (Å²) in [7, 11) is 0. The van der Waals surface area contributed by atoms with Gasteiger partial charge in [-0.15, -0.1) is 0 Å². The number of carbonyl (C=O) groups is 2. The van der Waals surface area contributed by atoms with Gasteiger partial charge in [-0.2, -0.15) is 0 Å². The zero-order valence-corrected chi connectivity index (χ0v) is 7.60. The first-order valence-corrected chi connectivity index (χ1v) is 4.81. The normalized spacial score (nSPS) is 17.2. The number of nitrogens with zero attached hydrogens (tertiary/aromatic N) is 1. The first-order chi connectivity index (χ1) is 5.84. The average molecular weight is 188 g/mol. The minimum Gasteiger partial charge on any atom is -0.332 e. The van der Waals surface area contributed by atoms with Gasteiger partial charge in [0.25, 0.3) is 0 Å². The molecule has 0 aromatic rings. The van der Waals surface area contributed by atoms with Crippen LogP contribution in [0.3, 0.4) is 0 Å². The quantitative estimate of drug-likeness (QED) is 0.519. The van der Waals surface area contributed by atoms with E-state index in [9.17, 15) is 9.59 Å². The molecule has 12 heavy (non-hydrogen) atoms. The predicted octanol–water partition coefficient (Wildman–Crippen LogP) is 0.986. The third kappa shape index (κ3) is 2.73. The highest BCUT2D eigenvalue weighted by Crippen LogP contribution is 2.13. The van der Waals surface area contributed by atoms with Crippen LogP contribution in [-0.2, 0) is 4.79 Å². The van der Waals surface area contributed by atoms with E-state index in [1.165, 1.54) is 6.42 Å². The van der Waals surface area contributed by atoms with Gasteiger partial charge in [0.15, 0.2) is 0 Å². The maximum atomic E-state index is 11.2. The molecule has 1 saturated heterocycles. The van der Waals surface area contributed by atoms with Gasteiger partial charge in [-0.1, -0.05) is 0 Å². The van der Waals surface area contributed by atoms with Crippen molar-refractivity contribution >= 4 is 23.6 Å². The van der Waals surface area contributed by atoms with E-state index in [1.807, 2.05) is 0 Å². The minimum absolute atomic E-state index is 0.0539. The van der Waals surface area contributed by atoms with Gasteiger partial charge < -0.3 is 4.90 Å². The summed E-state index contributed by atoms with van der Waals surface area (Å²) in [6.07, 6.45) is 3.88. The molecule has 0 aromatic carbocycles. The smallest absolute Gasteiger partial charge is 0.302 e. The first-order valence-electron chi connectivity index (χ1n) is 3.99. The Balaban J connectivity index is 2.24. The number of likely N-dealkylation sites (tertiary alicyclic amines) is 1. The van der Waals surface area contributed by atoms with Crippen LogP contribution in [0.1, 0.15) is 19.3 Å². The van der Waals surface area contributed by atoms with Crippen LogP contribution in [0.25, 0.3) is 0 Å². The molecule has 1 aliphatic rings. The molecule has 4 nitrogen and oxygen atoms in total. The number of amides is 2. The molecule has 0 aromatic heterocycles. The van der Waals surface area contributed by atoms with E-state index in [1.54, 1.807) is 4.90 Å². The molecule has 0 atom stereocenters. The average Bonchev–Trinajstić information content (AvgIpc) is 2.15. The first kappa shape index (κ1) is 9.38. The second-order valence-electron chi connectivity index (χ2n) is 2.65. The van der Waals surface area contributed by atoms with Gasteiger partial charge in [0.05, 0.1) is 11.9 Å². The molecule has 0 bridgehead atoms. The maximum absolute atomic E-state index is 11.2. The Labute approximate surface area is 75.8 Å². The van der Waals surface area contributed by atoms with Crippen LogP contribution in [0.2, 0.25) is 0 Å². The Hall–Kier alpha value is -0.710. The molecule has 0 spiro atoms. The lowest BCUT2D eigenvalue weighted by Crippen LogP contribution is -2.34. The zero-order valence-electron chi connectivity index (χ0n) is 6.78. The highest BCUT2D eigenvalue weighted by molar-refractivity contribution is 8.12. The minimum atomic E-state index is -0.0539. The molecule has 0 saturated carbocycles. The number of rotatable bonds is 2. The van der Waals surface area contributed by atoms with Crippen LogP contribution in [0.15, 0.2) is 0 Å². The monoisotopic (exact) mass is 188 g/mol. The summed E-state index contributed by atoms with van der Waals surface area (Å²) in [5, 5.41) is -0.0539. The Bertz CT molecular complexity index is 169. The molecular weight excluding hydrogens is 176 g/mol. The van der Waals surface area contributed by atoms with Gasteiger partial charge in [-0.3, -0.25) is 14.3 Å². The van der Waals surface area contributed by atoms with Crippen LogP contribution in [-0.4, -0.2) is 29.6 Å². The van der Waals surface area contributed by atoms with Crippen molar-refractivity contribution in [2.75, 3.05) is 13.1 Å². The van der Waals surface area contributed by atoms with Crippen molar-refractivity contribution in [1.29, 1.82) is 0 Å². The van der Waals surface area contributed by atoms with Gasteiger partial charge in [-0.05, 0) is 19.3 Å². The molecule has 1 aliphatic heterocycles. The van der Waals surface area contributed by atoms with Crippen molar-refractivity contribution in [2.24, 2.45) is 0 Å². The van der Waals surface area contributed by atoms with Crippen molar-refractivity contribution in [3.63, 3.8) is 0 Å². The summed E-state index contributed by atoms with van der Waals surface area (Å²) >= 11 is 0.852. The van der Waals surface area contributed by atoms with Crippen molar-refractivity contribution < 1.29 is 9.59 Å². The summed E-state index contributed by atoms with van der Waals surface area (Å²) in [6, 6.07) is 0. The topological polar surface area (TPSA) is 49.4 Å². The Morgan fingerprint density at radius 1 is 1.33 bits per heavy atom. The van der Waals surface area contributed by atoms with Crippen molar-refractivity contribution in [1.82, 2.24) is 9.62 Å². The lowest BCUT2D eigenvalue weighted by Gasteiger charge is -2.25. The fraction of sp³-hybridized carbons (Fsp3) is 0.714. The van der Waals surface area contributed by atoms with Gasteiger partial charge in [0.1, 0.15) is 0 Å². The number of nitrogens with one attached hydrogen (secondary N) is 1. The Morgan fingerprint density at radius 3 is 2.58 bits per heavy atom. The van der Waals surface area contributed by atoms with Gasteiger partial charge in [-0.25, -0.2) is 0 Å². The van der Waals surface area contributed by atoms with E-state index >= 15 is 0 Å². The van der Waals surface area contributed by atoms with E-state index in [4.69, 9.17) is 0 Å².